The predicted molar refractivity (Wildman–Crippen MR) is 144 cm³/mol. The van der Waals surface area contributed by atoms with Gasteiger partial charge in [-0.2, -0.15) is 0 Å². The molecule has 33 heavy (non-hydrogen) atoms. The second kappa shape index (κ2) is 12.8. The van der Waals surface area contributed by atoms with E-state index in [1.54, 1.807) is 0 Å². The molecule has 2 atom stereocenters. The number of likely N-dealkylation sites (tertiary alicyclic amines) is 1. The van der Waals surface area contributed by atoms with Crippen LogP contribution < -0.4 is 10.6 Å². The molecule has 2 aromatic carbocycles. The van der Waals surface area contributed by atoms with Crippen LogP contribution >= 0.6 is 11.6 Å². The van der Waals surface area contributed by atoms with Crippen molar-refractivity contribution in [2.24, 2.45) is 17.6 Å². The van der Waals surface area contributed by atoms with E-state index < -0.39 is 0 Å². The van der Waals surface area contributed by atoms with E-state index in [-0.39, 0.29) is 6.04 Å². The second-order valence-electron chi connectivity index (χ2n) is 10.8. The molecule has 3 rings (SSSR count). The number of hydrogen-bond acceptors (Lipinski definition) is 3. The Kier molecular flexibility index (Phi) is 10.1. The molecule has 0 bridgehead atoms. The van der Waals surface area contributed by atoms with Gasteiger partial charge in [0.25, 0.3) is 0 Å². The monoisotopic (exact) mass is 469 g/mol. The van der Waals surface area contributed by atoms with Crippen LogP contribution in [-0.2, 0) is 12.8 Å². The summed E-state index contributed by atoms with van der Waals surface area (Å²) in [6.45, 7) is 13.6. The molecule has 1 aliphatic rings. The van der Waals surface area contributed by atoms with Crippen LogP contribution in [0.4, 0.5) is 5.69 Å². The lowest BCUT2D eigenvalue weighted by atomic mass is 10.0. The SMILES string of the molecule is CC(C)CCN(c1ccc(CCc2ccc(Cl)cc2)cc1)C1CCN(CC(N)CC(C)C)C1. The lowest BCUT2D eigenvalue weighted by Crippen LogP contribution is -2.41. The second-order valence-corrected chi connectivity index (χ2v) is 11.2. The van der Waals surface area contributed by atoms with Gasteiger partial charge in [-0.3, -0.25) is 4.90 Å². The van der Waals surface area contributed by atoms with Crippen molar-refractivity contribution >= 4 is 17.3 Å². The summed E-state index contributed by atoms with van der Waals surface area (Å²) < 4.78 is 0. The van der Waals surface area contributed by atoms with Crippen molar-refractivity contribution in [3.63, 3.8) is 0 Å². The van der Waals surface area contributed by atoms with Gasteiger partial charge in [-0.25, -0.2) is 0 Å². The standard InChI is InChI=1S/C29H44ClN3/c1-22(2)15-18-33(29-16-17-32(21-29)20-27(31)19-23(3)4)28-13-9-25(10-14-28)6-5-24-7-11-26(30)12-8-24/h7-14,22-23,27,29H,5-6,15-21,31H2,1-4H3. The summed E-state index contributed by atoms with van der Waals surface area (Å²) in [4.78, 5) is 5.25. The molecule has 4 heteroatoms. The first-order valence-electron chi connectivity index (χ1n) is 12.9. The molecule has 1 saturated heterocycles. The number of hydrogen-bond donors (Lipinski definition) is 1. The molecule has 1 heterocycles. The average Bonchev–Trinajstić information content (AvgIpc) is 3.21. The fraction of sp³-hybridized carbons (Fsp3) is 0.586. The highest BCUT2D eigenvalue weighted by molar-refractivity contribution is 6.30. The van der Waals surface area contributed by atoms with E-state index in [1.807, 2.05) is 12.1 Å². The van der Waals surface area contributed by atoms with Gasteiger partial charge in [0.1, 0.15) is 0 Å². The van der Waals surface area contributed by atoms with Crippen LogP contribution in [0.1, 0.15) is 58.1 Å². The Morgan fingerprint density at radius 1 is 0.939 bits per heavy atom. The maximum absolute atomic E-state index is 6.42. The maximum atomic E-state index is 6.42. The first-order chi connectivity index (χ1) is 15.8. The highest BCUT2D eigenvalue weighted by Crippen LogP contribution is 2.26. The third-order valence-electron chi connectivity index (χ3n) is 6.79. The van der Waals surface area contributed by atoms with Gasteiger partial charge in [0.15, 0.2) is 0 Å². The molecule has 0 radical (unpaired) electrons. The molecule has 0 aliphatic carbocycles. The van der Waals surface area contributed by atoms with Crippen molar-refractivity contribution < 1.29 is 0 Å². The minimum absolute atomic E-state index is 0.285. The molecule has 0 spiro atoms. The van der Waals surface area contributed by atoms with Gasteiger partial charge < -0.3 is 10.6 Å². The number of rotatable bonds is 12. The summed E-state index contributed by atoms with van der Waals surface area (Å²) >= 11 is 6.01. The molecular formula is C29H44ClN3. The molecule has 182 valence electrons. The average molecular weight is 470 g/mol. The molecule has 0 aromatic heterocycles. The lowest BCUT2D eigenvalue weighted by molar-refractivity contribution is 0.291. The largest absolute Gasteiger partial charge is 0.367 e. The van der Waals surface area contributed by atoms with Gasteiger partial charge in [0.05, 0.1) is 0 Å². The third-order valence-corrected chi connectivity index (χ3v) is 7.04. The van der Waals surface area contributed by atoms with Crippen LogP contribution in [0.3, 0.4) is 0 Å². The fourth-order valence-electron chi connectivity index (χ4n) is 4.96. The van der Waals surface area contributed by atoms with Crippen molar-refractivity contribution in [1.82, 2.24) is 4.90 Å². The maximum Gasteiger partial charge on any atom is 0.0429 e. The smallest absolute Gasteiger partial charge is 0.0429 e. The van der Waals surface area contributed by atoms with Crippen LogP contribution in [0.15, 0.2) is 48.5 Å². The van der Waals surface area contributed by atoms with Gasteiger partial charge in [0, 0.05) is 49.0 Å². The summed E-state index contributed by atoms with van der Waals surface area (Å²) in [5.41, 5.74) is 10.5. The fourth-order valence-corrected chi connectivity index (χ4v) is 5.08. The van der Waals surface area contributed by atoms with Gasteiger partial charge in [-0.05, 0) is 79.3 Å². The van der Waals surface area contributed by atoms with Crippen LogP contribution in [0, 0.1) is 11.8 Å². The Balaban J connectivity index is 1.61. The summed E-state index contributed by atoms with van der Waals surface area (Å²) in [6, 6.07) is 18.4. The predicted octanol–water partition coefficient (Wildman–Crippen LogP) is 6.43. The molecule has 0 amide bonds. The molecule has 2 aromatic rings. The number of nitrogens with zero attached hydrogens (tertiary/aromatic N) is 2. The summed E-state index contributed by atoms with van der Waals surface area (Å²) in [7, 11) is 0. The van der Waals surface area contributed by atoms with E-state index in [0.29, 0.717) is 17.9 Å². The van der Waals surface area contributed by atoms with E-state index in [9.17, 15) is 0 Å². The molecule has 3 nitrogen and oxygen atoms in total. The van der Waals surface area contributed by atoms with Crippen molar-refractivity contribution in [1.29, 1.82) is 0 Å². The van der Waals surface area contributed by atoms with Gasteiger partial charge in [-0.1, -0.05) is 63.6 Å². The Morgan fingerprint density at radius 3 is 2.12 bits per heavy atom. The Labute approximate surface area is 207 Å². The van der Waals surface area contributed by atoms with Gasteiger partial charge >= 0.3 is 0 Å². The summed E-state index contributed by atoms with van der Waals surface area (Å²) in [5, 5.41) is 0.803. The van der Waals surface area contributed by atoms with Crippen molar-refractivity contribution in [3.8, 4) is 0 Å². The van der Waals surface area contributed by atoms with E-state index in [2.05, 4.69) is 73.9 Å². The molecule has 1 fully saturated rings. The third kappa shape index (κ3) is 8.63. The minimum Gasteiger partial charge on any atom is -0.367 e. The Hall–Kier alpha value is -1.55. The molecule has 1 aliphatic heterocycles. The normalized spacial score (nSPS) is 17.8. The molecule has 2 N–H and O–H groups in total. The zero-order valence-electron chi connectivity index (χ0n) is 21.1. The number of nitrogens with two attached hydrogens (primary N) is 1. The number of anilines is 1. The van der Waals surface area contributed by atoms with Crippen molar-refractivity contribution in [2.45, 2.75) is 71.9 Å². The quantitative estimate of drug-likeness (QED) is 0.389. The first-order valence-corrected chi connectivity index (χ1v) is 13.3. The first kappa shape index (κ1) is 26.1. The molecule has 2 unspecified atom stereocenters. The van der Waals surface area contributed by atoms with E-state index in [1.165, 1.54) is 29.7 Å². The molecular weight excluding hydrogens is 426 g/mol. The highest BCUT2D eigenvalue weighted by Gasteiger charge is 2.28. The van der Waals surface area contributed by atoms with E-state index in [4.69, 9.17) is 17.3 Å². The van der Waals surface area contributed by atoms with Gasteiger partial charge in [0.2, 0.25) is 0 Å². The summed E-state index contributed by atoms with van der Waals surface area (Å²) in [6.07, 6.45) is 5.66. The number of aryl methyl sites for hydroxylation is 2. The van der Waals surface area contributed by atoms with Crippen molar-refractivity contribution in [2.75, 3.05) is 31.1 Å². The van der Waals surface area contributed by atoms with Crippen LogP contribution in [0.2, 0.25) is 5.02 Å². The zero-order chi connectivity index (χ0) is 23.8. The van der Waals surface area contributed by atoms with Crippen molar-refractivity contribution in [3.05, 3.63) is 64.7 Å². The van der Waals surface area contributed by atoms with E-state index in [0.717, 1.165) is 50.5 Å². The van der Waals surface area contributed by atoms with Crippen LogP contribution in [0.5, 0.6) is 0 Å². The highest BCUT2D eigenvalue weighted by atomic mass is 35.5. The lowest BCUT2D eigenvalue weighted by Gasteiger charge is -2.32. The summed E-state index contributed by atoms with van der Waals surface area (Å²) in [5.74, 6) is 1.38. The minimum atomic E-state index is 0.285. The van der Waals surface area contributed by atoms with Gasteiger partial charge in [-0.15, -0.1) is 0 Å². The topological polar surface area (TPSA) is 32.5 Å². The molecule has 0 saturated carbocycles. The van der Waals surface area contributed by atoms with Crippen LogP contribution in [-0.4, -0.2) is 43.2 Å². The zero-order valence-corrected chi connectivity index (χ0v) is 21.9. The number of halogens is 1. The Bertz CT molecular complexity index is 816. The number of benzene rings is 2. The van der Waals surface area contributed by atoms with E-state index >= 15 is 0 Å². The van der Waals surface area contributed by atoms with Crippen LogP contribution in [0.25, 0.3) is 0 Å². The Morgan fingerprint density at radius 2 is 1.55 bits per heavy atom.